The number of nitrogens with zero attached hydrogens (tertiary/aromatic N) is 1. The monoisotopic (exact) mass is 515 g/mol. The molecular weight excluding hydrogens is 486 g/mol. The second-order valence-electron chi connectivity index (χ2n) is 8.61. The van der Waals surface area contributed by atoms with Crippen LogP contribution in [0.2, 0.25) is 5.02 Å². The Morgan fingerprint density at radius 3 is 2.46 bits per heavy atom. The van der Waals surface area contributed by atoms with Gasteiger partial charge in [-0.1, -0.05) is 66.2 Å². The molecule has 6 heteroatoms. The predicted octanol–water partition coefficient (Wildman–Crippen LogP) is 7.62. The van der Waals surface area contributed by atoms with Gasteiger partial charge in [0.2, 0.25) is 0 Å². The average molecular weight is 516 g/mol. The molecule has 0 fully saturated rings. The summed E-state index contributed by atoms with van der Waals surface area (Å²) in [6.45, 7) is 4.76. The lowest BCUT2D eigenvalue weighted by atomic mass is 9.94. The normalized spacial score (nSPS) is 11.9. The second kappa shape index (κ2) is 12.2. The number of carbonyl (C=O) groups is 1. The van der Waals surface area contributed by atoms with E-state index in [0.29, 0.717) is 36.6 Å². The largest absolute Gasteiger partial charge is 0.478 e. The van der Waals surface area contributed by atoms with Crippen LogP contribution in [0.4, 0.5) is 0 Å². The maximum Gasteiger partial charge on any atom is 0.335 e. The first kappa shape index (κ1) is 26.6. The molecule has 4 rings (SSSR count). The molecule has 1 N–H and O–H groups in total. The first-order valence-corrected chi connectivity index (χ1v) is 12.8. The Hall–Kier alpha value is -3.51. The highest BCUT2D eigenvalue weighted by atomic mass is 35.5. The van der Waals surface area contributed by atoms with Gasteiger partial charge in [0.05, 0.1) is 16.8 Å². The van der Waals surface area contributed by atoms with Crippen molar-refractivity contribution in [1.29, 1.82) is 0 Å². The molecule has 190 valence electrons. The lowest BCUT2D eigenvalue weighted by Crippen LogP contribution is -2.34. The molecule has 0 bridgehead atoms. The van der Waals surface area contributed by atoms with Gasteiger partial charge in [0.15, 0.2) is 5.79 Å². The molecule has 0 amide bonds. The number of aromatic carboxylic acids is 1. The van der Waals surface area contributed by atoms with Gasteiger partial charge >= 0.3 is 5.97 Å². The number of carboxylic acid groups (broad SMARTS) is 1. The van der Waals surface area contributed by atoms with Crippen LogP contribution < -0.4 is 0 Å². The summed E-state index contributed by atoms with van der Waals surface area (Å²) in [6, 6.07) is 24.7. The van der Waals surface area contributed by atoms with Gasteiger partial charge in [-0.05, 0) is 67.8 Å². The van der Waals surface area contributed by atoms with E-state index >= 15 is 0 Å². The standard InChI is InChI=1S/C31H30ClNO4/c1-3-36-31(37-4-2,19-18-23-9-5-6-11-28(23)30(34)35)25-10-7-8-22(20-25)12-16-27-17-14-24-13-15-26(32)21-29(24)33-27/h5-17,20-21H,3-4,18-19H2,1-2H3,(H,34,35). The minimum Gasteiger partial charge on any atom is -0.478 e. The van der Waals surface area contributed by atoms with Crippen molar-refractivity contribution < 1.29 is 19.4 Å². The number of pyridine rings is 1. The third-order valence-corrected chi connectivity index (χ3v) is 6.41. The van der Waals surface area contributed by atoms with Gasteiger partial charge in [0.25, 0.3) is 0 Å². The number of benzene rings is 3. The minimum absolute atomic E-state index is 0.297. The lowest BCUT2D eigenvalue weighted by molar-refractivity contribution is -0.246. The average Bonchev–Trinajstić information content (AvgIpc) is 2.91. The zero-order valence-corrected chi connectivity index (χ0v) is 21.7. The Labute approximate surface area is 222 Å². The fourth-order valence-corrected chi connectivity index (χ4v) is 4.64. The summed E-state index contributed by atoms with van der Waals surface area (Å²) in [5.41, 5.74) is 4.57. The number of hydrogen-bond donors (Lipinski definition) is 1. The van der Waals surface area contributed by atoms with E-state index < -0.39 is 11.8 Å². The molecule has 0 aliphatic carbocycles. The van der Waals surface area contributed by atoms with E-state index in [1.165, 1.54) is 0 Å². The van der Waals surface area contributed by atoms with Crippen LogP contribution in [-0.2, 0) is 21.7 Å². The van der Waals surface area contributed by atoms with E-state index in [9.17, 15) is 9.90 Å². The molecule has 0 aliphatic rings. The van der Waals surface area contributed by atoms with Crippen molar-refractivity contribution in [3.63, 3.8) is 0 Å². The van der Waals surface area contributed by atoms with Crippen molar-refractivity contribution in [2.75, 3.05) is 13.2 Å². The molecule has 1 heterocycles. The zero-order chi connectivity index (χ0) is 26.3. The number of aromatic nitrogens is 1. The Kier molecular flexibility index (Phi) is 8.72. The van der Waals surface area contributed by atoms with Crippen molar-refractivity contribution in [3.05, 3.63) is 112 Å². The first-order chi connectivity index (χ1) is 17.9. The van der Waals surface area contributed by atoms with Crippen LogP contribution >= 0.6 is 11.6 Å². The Balaban J connectivity index is 1.63. The number of carboxylic acids is 1. The topological polar surface area (TPSA) is 68.7 Å². The van der Waals surface area contributed by atoms with Gasteiger partial charge in [-0.2, -0.15) is 0 Å². The highest BCUT2D eigenvalue weighted by molar-refractivity contribution is 6.31. The highest BCUT2D eigenvalue weighted by Gasteiger charge is 2.34. The van der Waals surface area contributed by atoms with Crippen LogP contribution in [0.1, 0.15) is 53.0 Å². The van der Waals surface area contributed by atoms with E-state index in [4.69, 9.17) is 26.1 Å². The van der Waals surface area contributed by atoms with E-state index in [1.54, 1.807) is 12.1 Å². The van der Waals surface area contributed by atoms with Crippen LogP contribution in [0, 0.1) is 0 Å². The summed E-state index contributed by atoms with van der Waals surface area (Å²) < 4.78 is 12.5. The molecule has 37 heavy (non-hydrogen) atoms. The molecule has 5 nitrogen and oxygen atoms in total. The molecule has 0 aliphatic heterocycles. The Morgan fingerprint density at radius 1 is 0.946 bits per heavy atom. The highest BCUT2D eigenvalue weighted by Crippen LogP contribution is 2.34. The van der Waals surface area contributed by atoms with Gasteiger partial charge < -0.3 is 14.6 Å². The van der Waals surface area contributed by atoms with Gasteiger partial charge in [0.1, 0.15) is 0 Å². The van der Waals surface area contributed by atoms with Crippen LogP contribution in [0.3, 0.4) is 0 Å². The molecule has 0 saturated heterocycles. The second-order valence-corrected chi connectivity index (χ2v) is 9.05. The van der Waals surface area contributed by atoms with Gasteiger partial charge in [-0.25, -0.2) is 9.78 Å². The van der Waals surface area contributed by atoms with Crippen molar-refractivity contribution in [2.24, 2.45) is 0 Å². The van der Waals surface area contributed by atoms with Crippen LogP contribution in [0.25, 0.3) is 23.1 Å². The van der Waals surface area contributed by atoms with E-state index in [2.05, 4.69) is 0 Å². The predicted molar refractivity (Wildman–Crippen MR) is 149 cm³/mol. The van der Waals surface area contributed by atoms with Crippen LogP contribution in [0.15, 0.2) is 78.9 Å². The van der Waals surface area contributed by atoms with Gasteiger partial charge in [-0.3, -0.25) is 0 Å². The van der Waals surface area contributed by atoms with Crippen molar-refractivity contribution in [2.45, 2.75) is 32.5 Å². The SMILES string of the molecule is CCOC(CCc1ccccc1C(=O)O)(OCC)c1cccc(C=Cc2ccc3ccc(Cl)cc3n2)c1. The van der Waals surface area contributed by atoms with Gasteiger partial charge in [-0.15, -0.1) is 0 Å². The number of halogens is 1. The minimum atomic E-state index is -1.00. The van der Waals surface area contributed by atoms with E-state index in [1.807, 2.05) is 92.7 Å². The number of ether oxygens (including phenoxy) is 2. The maximum absolute atomic E-state index is 11.7. The fraction of sp³-hybridized carbons (Fsp3) is 0.226. The van der Waals surface area contributed by atoms with E-state index in [-0.39, 0.29) is 0 Å². The lowest BCUT2D eigenvalue weighted by Gasteiger charge is -2.34. The third kappa shape index (κ3) is 6.44. The van der Waals surface area contributed by atoms with Gasteiger partial charge in [0, 0.05) is 35.6 Å². The number of hydrogen-bond acceptors (Lipinski definition) is 4. The van der Waals surface area contributed by atoms with Crippen LogP contribution in [-0.4, -0.2) is 29.3 Å². The van der Waals surface area contributed by atoms with Crippen LogP contribution in [0.5, 0.6) is 0 Å². The molecule has 0 spiro atoms. The molecule has 3 aromatic carbocycles. The Bertz CT molecular complexity index is 1410. The third-order valence-electron chi connectivity index (χ3n) is 6.17. The number of fused-ring (bicyclic) bond motifs is 1. The summed E-state index contributed by atoms with van der Waals surface area (Å²) in [5.74, 6) is -1.94. The molecule has 0 radical (unpaired) electrons. The molecular formula is C31H30ClNO4. The summed E-state index contributed by atoms with van der Waals surface area (Å²) >= 11 is 6.13. The Morgan fingerprint density at radius 2 is 1.70 bits per heavy atom. The molecule has 0 atom stereocenters. The van der Waals surface area contributed by atoms with Crippen molar-refractivity contribution in [3.8, 4) is 0 Å². The number of aryl methyl sites for hydroxylation is 1. The number of rotatable bonds is 11. The fourth-order valence-electron chi connectivity index (χ4n) is 4.47. The quantitative estimate of drug-likeness (QED) is 0.208. The maximum atomic E-state index is 11.7. The summed E-state index contributed by atoms with van der Waals surface area (Å²) in [7, 11) is 0. The van der Waals surface area contributed by atoms with E-state index in [0.717, 1.165) is 33.3 Å². The van der Waals surface area contributed by atoms with Crippen molar-refractivity contribution >= 4 is 40.6 Å². The summed E-state index contributed by atoms with van der Waals surface area (Å²) in [4.78, 5) is 16.4. The summed E-state index contributed by atoms with van der Waals surface area (Å²) in [5, 5.41) is 11.3. The zero-order valence-electron chi connectivity index (χ0n) is 21.0. The summed E-state index contributed by atoms with van der Waals surface area (Å²) in [6.07, 6.45) is 4.93. The molecule has 0 unspecified atom stereocenters. The molecule has 1 aromatic heterocycles. The molecule has 4 aromatic rings. The first-order valence-electron chi connectivity index (χ1n) is 12.4. The molecule has 0 saturated carbocycles. The van der Waals surface area contributed by atoms with Crippen molar-refractivity contribution in [1.82, 2.24) is 4.98 Å². The smallest absolute Gasteiger partial charge is 0.335 e.